The van der Waals surface area contributed by atoms with E-state index >= 15 is 0 Å². The summed E-state index contributed by atoms with van der Waals surface area (Å²) in [7, 11) is 1.71. The van der Waals surface area contributed by atoms with E-state index in [1.54, 1.807) is 31.2 Å². The lowest BCUT2D eigenvalue weighted by molar-refractivity contribution is 0.841. The van der Waals surface area contributed by atoms with Crippen molar-refractivity contribution in [3.05, 3.63) is 22.7 Å². The van der Waals surface area contributed by atoms with Gasteiger partial charge in [-0.15, -0.1) is 0 Å². The predicted molar refractivity (Wildman–Crippen MR) is 56.3 cm³/mol. The molecule has 72 valence electrons. The lowest BCUT2D eigenvalue weighted by Gasteiger charge is -2.04. The van der Waals surface area contributed by atoms with Gasteiger partial charge in [-0.25, -0.2) is 4.98 Å². The fourth-order valence-electron chi connectivity index (χ4n) is 0.891. The first-order valence-corrected chi connectivity index (χ1v) is 5.39. The highest BCUT2D eigenvalue weighted by molar-refractivity contribution is 7.98. The SMILES string of the molecule is CSCCNc1nccn(C)c1=O. The molecule has 0 amide bonds. The van der Waals surface area contributed by atoms with Crippen molar-refractivity contribution in [1.29, 1.82) is 0 Å². The minimum atomic E-state index is -0.0800. The van der Waals surface area contributed by atoms with Crippen molar-refractivity contribution in [2.45, 2.75) is 0 Å². The molecule has 1 N–H and O–H groups in total. The highest BCUT2D eigenvalue weighted by atomic mass is 32.2. The maximum Gasteiger partial charge on any atom is 0.293 e. The zero-order valence-corrected chi connectivity index (χ0v) is 8.60. The first kappa shape index (κ1) is 10.1. The van der Waals surface area contributed by atoms with Crippen molar-refractivity contribution in [1.82, 2.24) is 9.55 Å². The summed E-state index contributed by atoms with van der Waals surface area (Å²) < 4.78 is 1.51. The number of rotatable bonds is 4. The van der Waals surface area contributed by atoms with E-state index in [4.69, 9.17) is 0 Å². The van der Waals surface area contributed by atoms with Gasteiger partial charge in [0.1, 0.15) is 0 Å². The molecule has 0 aliphatic carbocycles. The molecule has 0 saturated heterocycles. The highest BCUT2D eigenvalue weighted by Gasteiger charge is 1.99. The van der Waals surface area contributed by atoms with Crippen LogP contribution in [0.4, 0.5) is 5.82 Å². The van der Waals surface area contributed by atoms with Gasteiger partial charge >= 0.3 is 0 Å². The maximum absolute atomic E-state index is 11.4. The van der Waals surface area contributed by atoms with Gasteiger partial charge in [0.25, 0.3) is 5.56 Å². The van der Waals surface area contributed by atoms with Crippen LogP contribution in [0.2, 0.25) is 0 Å². The summed E-state index contributed by atoms with van der Waals surface area (Å²) in [6, 6.07) is 0. The molecule has 13 heavy (non-hydrogen) atoms. The lowest BCUT2D eigenvalue weighted by atomic mass is 10.6. The third-order valence-corrected chi connectivity index (χ3v) is 2.23. The van der Waals surface area contributed by atoms with Gasteiger partial charge in [0.15, 0.2) is 5.82 Å². The average Bonchev–Trinajstić information content (AvgIpc) is 2.13. The van der Waals surface area contributed by atoms with Crippen molar-refractivity contribution in [2.24, 2.45) is 7.05 Å². The molecule has 1 heterocycles. The maximum atomic E-state index is 11.4. The number of aryl methyl sites for hydroxylation is 1. The number of nitrogens with one attached hydrogen (secondary N) is 1. The Hall–Kier alpha value is -0.970. The molecule has 0 bridgehead atoms. The summed E-state index contributed by atoms with van der Waals surface area (Å²) in [6.07, 6.45) is 5.28. The molecule has 0 atom stereocenters. The Morgan fingerprint density at radius 3 is 3.15 bits per heavy atom. The average molecular weight is 199 g/mol. The first-order valence-electron chi connectivity index (χ1n) is 4.00. The zero-order chi connectivity index (χ0) is 9.68. The van der Waals surface area contributed by atoms with Crippen LogP contribution < -0.4 is 10.9 Å². The van der Waals surface area contributed by atoms with Gasteiger partial charge in [-0.05, 0) is 6.26 Å². The van der Waals surface area contributed by atoms with Gasteiger partial charge in [-0.1, -0.05) is 0 Å². The molecule has 0 fully saturated rings. The van der Waals surface area contributed by atoms with E-state index in [0.717, 1.165) is 12.3 Å². The Balaban J connectivity index is 2.67. The van der Waals surface area contributed by atoms with E-state index in [9.17, 15) is 4.79 Å². The predicted octanol–water partition coefficient (Wildman–Crippen LogP) is 0.555. The van der Waals surface area contributed by atoms with E-state index in [2.05, 4.69) is 10.3 Å². The smallest absolute Gasteiger partial charge is 0.293 e. The largest absolute Gasteiger partial charge is 0.365 e. The fourth-order valence-corrected chi connectivity index (χ4v) is 1.20. The Bertz CT molecular complexity index is 323. The van der Waals surface area contributed by atoms with Gasteiger partial charge in [-0.2, -0.15) is 11.8 Å². The molecule has 0 spiro atoms. The van der Waals surface area contributed by atoms with E-state index in [-0.39, 0.29) is 5.56 Å². The van der Waals surface area contributed by atoms with E-state index in [0.29, 0.717) is 5.82 Å². The van der Waals surface area contributed by atoms with E-state index < -0.39 is 0 Å². The van der Waals surface area contributed by atoms with Crippen LogP contribution in [0.25, 0.3) is 0 Å². The lowest BCUT2D eigenvalue weighted by Crippen LogP contribution is -2.22. The van der Waals surface area contributed by atoms with Crippen molar-refractivity contribution < 1.29 is 0 Å². The third kappa shape index (κ3) is 2.77. The van der Waals surface area contributed by atoms with Crippen molar-refractivity contribution in [3.63, 3.8) is 0 Å². The molecule has 0 saturated carbocycles. The van der Waals surface area contributed by atoms with Gasteiger partial charge in [0, 0.05) is 31.7 Å². The number of hydrogen-bond acceptors (Lipinski definition) is 4. The summed E-state index contributed by atoms with van der Waals surface area (Å²) in [6.45, 7) is 0.771. The van der Waals surface area contributed by atoms with Crippen LogP contribution in [-0.2, 0) is 7.05 Å². The second kappa shape index (κ2) is 4.91. The number of aromatic nitrogens is 2. The molecule has 1 rings (SSSR count). The van der Waals surface area contributed by atoms with Crippen LogP contribution in [0.5, 0.6) is 0 Å². The molecule has 0 aromatic carbocycles. The molecule has 0 unspecified atom stereocenters. The fraction of sp³-hybridized carbons (Fsp3) is 0.500. The molecule has 1 aromatic heterocycles. The molecule has 5 heteroatoms. The Morgan fingerprint density at radius 1 is 1.69 bits per heavy atom. The summed E-state index contributed by atoms with van der Waals surface area (Å²) in [5.74, 6) is 1.40. The van der Waals surface area contributed by atoms with Crippen molar-refractivity contribution in [2.75, 3.05) is 23.9 Å². The van der Waals surface area contributed by atoms with Crippen LogP contribution in [-0.4, -0.2) is 28.1 Å². The normalized spacial score (nSPS) is 10.0. The van der Waals surface area contributed by atoms with Gasteiger partial charge < -0.3 is 9.88 Å². The molecule has 1 aromatic rings. The Labute approximate surface area is 81.4 Å². The quantitative estimate of drug-likeness (QED) is 0.720. The van der Waals surface area contributed by atoms with Crippen molar-refractivity contribution >= 4 is 17.6 Å². The molecule has 0 radical (unpaired) electrons. The summed E-state index contributed by atoms with van der Waals surface area (Å²) in [5.41, 5.74) is -0.0800. The third-order valence-electron chi connectivity index (χ3n) is 1.62. The molecule has 0 aliphatic rings. The van der Waals surface area contributed by atoms with Crippen LogP contribution in [0, 0.1) is 0 Å². The second-order valence-corrected chi connectivity index (χ2v) is 3.60. The van der Waals surface area contributed by atoms with Crippen LogP contribution in [0.3, 0.4) is 0 Å². The molecular weight excluding hydrogens is 186 g/mol. The van der Waals surface area contributed by atoms with Gasteiger partial charge in [0.05, 0.1) is 0 Å². The number of anilines is 1. The number of hydrogen-bond donors (Lipinski definition) is 1. The van der Waals surface area contributed by atoms with Crippen LogP contribution in [0.1, 0.15) is 0 Å². The number of thioether (sulfide) groups is 1. The summed E-state index contributed by atoms with van der Waals surface area (Å²) in [4.78, 5) is 15.4. The minimum absolute atomic E-state index is 0.0800. The Morgan fingerprint density at radius 2 is 2.46 bits per heavy atom. The molecular formula is C8H13N3OS. The highest BCUT2D eigenvalue weighted by Crippen LogP contribution is 1.94. The topological polar surface area (TPSA) is 46.9 Å². The van der Waals surface area contributed by atoms with E-state index in [1.165, 1.54) is 4.57 Å². The summed E-state index contributed by atoms with van der Waals surface area (Å²) >= 11 is 1.73. The summed E-state index contributed by atoms with van der Waals surface area (Å²) in [5, 5.41) is 2.99. The van der Waals surface area contributed by atoms with Gasteiger partial charge in [-0.3, -0.25) is 4.79 Å². The molecule has 4 nitrogen and oxygen atoms in total. The second-order valence-electron chi connectivity index (χ2n) is 2.61. The minimum Gasteiger partial charge on any atom is -0.365 e. The van der Waals surface area contributed by atoms with Crippen molar-refractivity contribution in [3.8, 4) is 0 Å². The van der Waals surface area contributed by atoms with Gasteiger partial charge in [0.2, 0.25) is 0 Å². The molecule has 0 aliphatic heterocycles. The monoisotopic (exact) mass is 199 g/mol. The van der Waals surface area contributed by atoms with E-state index in [1.807, 2.05) is 6.26 Å². The first-order chi connectivity index (χ1) is 6.25. The number of nitrogens with zero attached hydrogens (tertiary/aromatic N) is 2. The van der Waals surface area contributed by atoms with Crippen LogP contribution in [0.15, 0.2) is 17.2 Å². The van der Waals surface area contributed by atoms with Crippen LogP contribution >= 0.6 is 11.8 Å². The standard InChI is InChI=1S/C8H13N3OS/c1-11-5-3-9-7(8(11)12)10-4-6-13-2/h3,5H,4,6H2,1-2H3,(H,9,10). The Kier molecular flexibility index (Phi) is 3.82. The zero-order valence-electron chi connectivity index (χ0n) is 7.78.